The number of aliphatic hydroxyl groups is 3. The van der Waals surface area contributed by atoms with Crippen molar-refractivity contribution in [2.24, 2.45) is 0 Å². The van der Waals surface area contributed by atoms with Crippen LogP contribution in [0.4, 0.5) is 5.82 Å². The second kappa shape index (κ2) is 8.10. The van der Waals surface area contributed by atoms with E-state index in [4.69, 9.17) is 25.1 Å². The first-order valence-corrected chi connectivity index (χ1v) is 8.98. The molecule has 1 aromatic heterocycles. The summed E-state index contributed by atoms with van der Waals surface area (Å²) in [5, 5.41) is 38.3. The number of ether oxygens (including phenoxy) is 3. The van der Waals surface area contributed by atoms with Crippen LogP contribution in [0.15, 0.2) is 17.1 Å². The minimum absolute atomic E-state index is 0.0962. The van der Waals surface area contributed by atoms with E-state index in [1.807, 2.05) is 0 Å². The number of nitrogens with zero attached hydrogens (tertiary/aromatic N) is 2. The van der Waals surface area contributed by atoms with Crippen molar-refractivity contribution in [1.29, 1.82) is 0 Å². The third-order valence-electron chi connectivity index (χ3n) is 4.10. The van der Waals surface area contributed by atoms with Gasteiger partial charge in [0.1, 0.15) is 35.8 Å². The summed E-state index contributed by atoms with van der Waals surface area (Å²) in [5.74, 6) is -0.977. The quantitative estimate of drug-likeness (QED) is 0.342. The highest BCUT2D eigenvalue weighted by molar-refractivity contribution is 8.00. The lowest BCUT2D eigenvalue weighted by Gasteiger charge is -2.38. The lowest BCUT2D eigenvalue weighted by Crippen LogP contribution is -2.60. The van der Waals surface area contributed by atoms with Gasteiger partial charge in [0, 0.05) is 11.9 Å². The number of aromatic nitrogens is 2. The van der Waals surface area contributed by atoms with Crippen LogP contribution in [0.3, 0.4) is 0 Å². The molecule has 0 radical (unpaired) electrons. The molecule has 13 heteroatoms. The molecule has 2 fully saturated rings. The number of aliphatic hydroxyl groups excluding tert-OH is 3. The monoisotopic (exact) mass is 405 g/mol. The topological polar surface area (TPSA) is 187 Å². The molecule has 0 aliphatic carbocycles. The van der Waals surface area contributed by atoms with Crippen LogP contribution in [0.1, 0.15) is 6.23 Å². The zero-order valence-electron chi connectivity index (χ0n) is 13.8. The van der Waals surface area contributed by atoms with Crippen LogP contribution >= 0.6 is 11.8 Å². The molecule has 2 aliphatic rings. The summed E-state index contributed by atoms with van der Waals surface area (Å²) in [6.45, 7) is -0.116. The molecule has 0 spiro atoms. The summed E-state index contributed by atoms with van der Waals surface area (Å²) in [4.78, 5) is 26.5. The van der Waals surface area contributed by atoms with Crippen LogP contribution in [0.2, 0.25) is 0 Å². The third kappa shape index (κ3) is 4.24. The fourth-order valence-electron chi connectivity index (χ4n) is 2.68. The molecule has 0 bridgehead atoms. The van der Waals surface area contributed by atoms with E-state index in [0.29, 0.717) is 5.75 Å². The predicted molar refractivity (Wildman–Crippen MR) is 89.5 cm³/mol. The molecule has 2 saturated heterocycles. The van der Waals surface area contributed by atoms with Crippen molar-refractivity contribution in [2.45, 2.75) is 42.4 Å². The van der Waals surface area contributed by atoms with Gasteiger partial charge in [-0.25, -0.2) is 9.59 Å². The summed E-state index contributed by atoms with van der Waals surface area (Å²) in [6, 6.07) is 1.46. The number of carboxylic acids is 1. The number of hydrogen-bond acceptors (Lipinski definition) is 11. The Morgan fingerprint density at radius 1 is 1.33 bits per heavy atom. The molecule has 6 N–H and O–H groups in total. The largest absolute Gasteiger partial charge is 0.479 e. The molecule has 2 aliphatic heterocycles. The van der Waals surface area contributed by atoms with Gasteiger partial charge in [0.05, 0.1) is 6.61 Å². The number of nitrogen functional groups attached to an aromatic ring is 1. The molecule has 7 atom stereocenters. The van der Waals surface area contributed by atoms with Crippen LogP contribution in [0.5, 0.6) is 0 Å². The minimum Gasteiger partial charge on any atom is -0.479 e. The van der Waals surface area contributed by atoms with E-state index in [1.54, 1.807) is 0 Å². The molecule has 0 aromatic carbocycles. The summed E-state index contributed by atoms with van der Waals surface area (Å²) >= 11 is 1.33. The average Bonchev–Trinajstić information content (AvgIpc) is 3.07. The van der Waals surface area contributed by atoms with E-state index in [-0.39, 0.29) is 12.4 Å². The Balaban J connectivity index is 1.57. The van der Waals surface area contributed by atoms with Crippen molar-refractivity contribution in [3.05, 3.63) is 22.7 Å². The highest BCUT2D eigenvalue weighted by atomic mass is 32.2. The fraction of sp³-hybridized carbons (Fsp3) is 0.643. The Bertz CT molecular complexity index is 747. The number of rotatable bonds is 5. The number of hydrogen-bond donors (Lipinski definition) is 5. The highest BCUT2D eigenvalue weighted by Gasteiger charge is 2.47. The van der Waals surface area contributed by atoms with Gasteiger partial charge in [-0.15, -0.1) is 11.8 Å². The van der Waals surface area contributed by atoms with Gasteiger partial charge in [-0.05, 0) is 6.07 Å². The van der Waals surface area contributed by atoms with Crippen molar-refractivity contribution >= 4 is 23.5 Å². The van der Waals surface area contributed by atoms with Gasteiger partial charge in [0.25, 0.3) is 0 Å². The van der Waals surface area contributed by atoms with Crippen LogP contribution < -0.4 is 11.4 Å². The van der Waals surface area contributed by atoms with E-state index >= 15 is 0 Å². The zero-order chi connectivity index (χ0) is 19.7. The Kier molecular flexibility index (Phi) is 6.00. The van der Waals surface area contributed by atoms with Crippen molar-refractivity contribution in [3.63, 3.8) is 0 Å². The first kappa shape index (κ1) is 20.0. The number of thioether (sulfide) groups is 1. The molecule has 3 rings (SSSR count). The van der Waals surface area contributed by atoms with Crippen LogP contribution in [-0.2, 0) is 19.0 Å². The second-order valence-electron chi connectivity index (χ2n) is 5.96. The van der Waals surface area contributed by atoms with Gasteiger partial charge in [0.15, 0.2) is 12.4 Å². The maximum Gasteiger partial charge on any atom is 0.351 e. The first-order chi connectivity index (χ1) is 12.8. The normalized spacial score (nSPS) is 36.6. The molecule has 0 amide bonds. The minimum atomic E-state index is -1.79. The smallest absolute Gasteiger partial charge is 0.351 e. The lowest BCUT2D eigenvalue weighted by atomic mass is 9.99. The first-order valence-electron chi connectivity index (χ1n) is 7.93. The molecular formula is C14H19N3O9S. The van der Waals surface area contributed by atoms with Crippen molar-refractivity contribution < 1.29 is 39.4 Å². The predicted octanol–water partition coefficient (Wildman–Crippen LogP) is -2.68. The maximum absolute atomic E-state index is 11.8. The van der Waals surface area contributed by atoms with E-state index in [9.17, 15) is 24.9 Å². The van der Waals surface area contributed by atoms with E-state index in [0.717, 1.165) is 0 Å². The molecular weight excluding hydrogens is 386 g/mol. The highest BCUT2D eigenvalue weighted by Crippen LogP contribution is 2.32. The van der Waals surface area contributed by atoms with Crippen molar-refractivity contribution in [3.8, 4) is 0 Å². The zero-order valence-corrected chi connectivity index (χ0v) is 14.6. The van der Waals surface area contributed by atoms with Gasteiger partial charge in [0.2, 0.25) is 0 Å². The maximum atomic E-state index is 11.8. The Morgan fingerprint density at radius 2 is 2.07 bits per heavy atom. The molecule has 0 saturated carbocycles. The molecule has 27 heavy (non-hydrogen) atoms. The summed E-state index contributed by atoms with van der Waals surface area (Å²) in [6.07, 6.45) is -7.51. The van der Waals surface area contributed by atoms with Crippen molar-refractivity contribution in [1.82, 2.24) is 9.55 Å². The number of aliphatic carboxylic acids is 1. The number of carboxylic acid groups (broad SMARTS) is 1. The number of nitrogens with two attached hydrogens (primary N) is 1. The summed E-state index contributed by atoms with van der Waals surface area (Å²) in [5.41, 5.74) is 4.34. The van der Waals surface area contributed by atoms with Crippen LogP contribution in [0, 0.1) is 0 Å². The molecule has 5 unspecified atom stereocenters. The van der Waals surface area contributed by atoms with Gasteiger partial charge in [-0.2, -0.15) is 4.98 Å². The lowest BCUT2D eigenvalue weighted by molar-refractivity contribution is -0.296. The van der Waals surface area contributed by atoms with Gasteiger partial charge < -0.3 is 40.4 Å². The number of carbonyl (C=O) groups is 1. The van der Waals surface area contributed by atoms with Crippen molar-refractivity contribution in [2.75, 3.05) is 18.1 Å². The second-order valence-corrected chi connectivity index (χ2v) is 7.16. The molecule has 1 aromatic rings. The molecule has 3 heterocycles. The third-order valence-corrected chi connectivity index (χ3v) is 5.20. The Morgan fingerprint density at radius 3 is 2.74 bits per heavy atom. The van der Waals surface area contributed by atoms with Crippen LogP contribution in [0.25, 0.3) is 0 Å². The van der Waals surface area contributed by atoms with E-state index in [1.165, 1.54) is 28.6 Å². The SMILES string of the molecule is Nc1ccn([C@@H]2CS[C@H](COC3OC(C(=O)O)C(O)C(O)C3O)O2)c(=O)n1. The standard InChI is InChI=1S/C14H19N3O9S/c15-5-1-2-17(14(23)16-5)6-4-27-7(25-6)3-24-13-10(20)8(18)9(19)11(26-13)12(21)22/h1-2,6-11,13,18-20H,3-4H2,(H,21,22)(H2,15,16,23)/t6-,7+,8?,9?,10?,11?,13?/m0/s1. The summed E-state index contributed by atoms with van der Waals surface area (Å²) in [7, 11) is 0. The van der Waals surface area contributed by atoms with E-state index < -0.39 is 54.0 Å². The molecule has 150 valence electrons. The Hall–Kier alpha value is -1.74. The molecule has 12 nitrogen and oxygen atoms in total. The Labute approximate surface area is 156 Å². The van der Waals surface area contributed by atoms with Gasteiger partial charge in [-0.3, -0.25) is 4.57 Å². The fourth-order valence-corrected chi connectivity index (χ4v) is 3.68. The van der Waals surface area contributed by atoms with E-state index in [2.05, 4.69) is 4.98 Å². The van der Waals surface area contributed by atoms with Gasteiger partial charge in [-0.1, -0.05) is 0 Å². The number of anilines is 1. The van der Waals surface area contributed by atoms with Gasteiger partial charge >= 0.3 is 11.7 Å². The van der Waals surface area contributed by atoms with Crippen LogP contribution in [-0.4, -0.2) is 84.4 Å². The summed E-state index contributed by atoms with van der Waals surface area (Å²) < 4.78 is 17.3. The average molecular weight is 405 g/mol.